The fraction of sp³-hybridized carbons (Fsp3) is 0.765. The van der Waals surface area contributed by atoms with E-state index in [0.29, 0.717) is 18.6 Å². The number of hydrogen-bond acceptors (Lipinski definition) is 7. The molecule has 0 bridgehead atoms. The summed E-state index contributed by atoms with van der Waals surface area (Å²) in [6.45, 7) is 4.27. The molecule has 0 spiro atoms. The van der Waals surface area contributed by atoms with Crippen molar-refractivity contribution >= 4 is 35.5 Å². The van der Waals surface area contributed by atoms with E-state index in [4.69, 9.17) is 10.8 Å². The molecule has 0 rings (SSSR count). The highest BCUT2D eigenvalue weighted by molar-refractivity contribution is 7.98. The van der Waals surface area contributed by atoms with Gasteiger partial charge >= 0.3 is 5.97 Å². The maximum atomic E-state index is 12.6. The fourth-order valence-electron chi connectivity index (χ4n) is 2.13. The number of aliphatic hydroxyl groups excluding tert-OH is 1. The Kier molecular flexibility index (Phi) is 12.5. The van der Waals surface area contributed by atoms with Crippen LogP contribution in [0.2, 0.25) is 0 Å². The molecule has 0 aromatic heterocycles. The van der Waals surface area contributed by atoms with Crippen LogP contribution in [-0.2, 0) is 19.2 Å². The molecule has 11 heteroatoms. The van der Waals surface area contributed by atoms with Crippen molar-refractivity contribution in [3.8, 4) is 0 Å². The second kappa shape index (κ2) is 13.3. The summed E-state index contributed by atoms with van der Waals surface area (Å²) >= 11 is 1.48. The Bertz CT molecular complexity index is 548. The minimum Gasteiger partial charge on any atom is -0.480 e. The van der Waals surface area contributed by atoms with Crippen LogP contribution in [0.25, 0.3) is 0 Å². The van der Waals surface area contributed by atoms with Gasteiger partial charge < -0.3 is 31.9 Å². The number of carboxylic acid groups (broad SMARTS) is 1. The molecule has 0 aliphatic carbocycles. The van der Waals surface area contributed by atoms with E-state index in [2.05, 4.69) is 16.0 Å². The summed E-state index contributed by atoms with van der Waals surface area (Å²) in [6, 6.07) is -4.23. The van der Waals surface area contributed by atoms with Crippen molar-refractivity contribution < 1.29 is 29.4 Å². The first kappa shape index (κ1) is 26.1. The van der Waals surface area contributed by atoms with Gasteiger partial charge in [0, 0.05) is 0 Å². The van der Waals surface area contributed by atoms with Crippen LogP contribution in [0.4, 0.5) is 0 Å². The number of thioether (sulfide) groups is 1. The first-order valence-electron chi connectivity index (χ1n) is 9.08. The van der Waals surface area contributed by atoms with Crippen molar-refractivity contribution in [1.29, 1.82) is 0 Å². The van der Waals surface area contributed by atoms with Gasteiger partial charge in [-0.2, -0.15) is 11.8 Å². The topological polar surface area (TPSA) is 171 Å². The molecule has 0 radical (unpaired) electrons. The molecule has 0 aromatic rings. The molecule has 0 saturated carbocycles. The quantitative estimate of drug-likeness (QED) is 0.213. The maximum absolute atomic E-state index is 12.6. The van der Waals surface area contributed by atoms with E-state index >= 15 is 0 Å². The Labute approximate surface area is 169 Å². The summed E-state index contributed by atoms with van der Waals surface area (Å²) in [5.41, 5.74) is 5.90. The number of amides is 3. The molecule has 0 heterocycles. The molecule has 7 N–H and O–H groups in total. The van der Waals surface area contributed by atoms with Gasteiger partial charge in [-0.05, 0) is 31.3 Å². The number of rotatable bonds is 13. The van der Waals surface area contributed by atoms with Crippen LogP contribution in [0.15, 0.2) is 0 Å². The molecule has 28 heavy (non-hydrogen) atoms. The van der Waals surface area contributed by atoms with Crippen LogP contribution in [0, 0.1) is 5.92 Å². The van der Waals surface area contributed by atoms with Gasteiger partial charge in [-0.25, -0.2) is 0 Å². The number of aliphatic hydroxyl groups is 1. The van der Waals surface area contributed by atoms with Crippen LogP contribution in [0.5, 0.6) is 0 Å². The van der Waals surface area contributed by atoms with Gasteiger partial charge in [-0.3, -0.25) is 19.2 Å². The zero-order valence-electron chi connectivity index (χ0n) is 16.7. The van der Waals surface area contributed by atoms with E-state index in [-0.39, 0.29) is 5.92 Å². The molecule has 162 valence electrons. The molecular formula is C17H32N4O6S. The van der Waals surface area contributed by atoms with Crippen molar-refractivity contribution in [2.45, 2.75) is 57.8 Å². The highest BCUT2D eigenvalue weighted by atomic mass is 32.2. The summed E-state index contributed by atoms with van der Waals surface area (Å²) < 4.78 is 0. The molecular weight excluding hydrogens is 388 g/mol. The zero-order chi connectivity index (χ0) is 21.9. The lowest BCUT2D eigenvalue weighted by molar-refractivity contribution is -0.142. The summed E-state index contributed by atoms with van der Waals surface area (Å²) in [5.74, 6) is -2.71. The summed E-state index contributed by atoms with van der Waals surface area (Å²) in [5, 5.41) is 25.4. The van der Waals surface area contributed by atoms with Gasteiger partial charge in [0.1, 0.15) is 18.1 Å². The predicted octanol–water partition coefficient (Wildman–Crippen LogP) is -1.34. The van der Waals surface area contributed by atoms with Crippen LogP contribution in [0.1, 0.15) is 33.6 Å². The average molecular weight is 421 g/mol. The number of carbonyl (C=O) groups is 4. The van der Waals surface area contributed by atoms with Gasteiger partial charge in [0.15, 0.2) is 0 Å². The maximum Gasteiger partial charge on any atom is 0.325 e. The lowest BCUT2D eigenvalue weighted by Crippen LogP contribution is -2.58. The van der Waals surface area contributed by atoms with Crippen LogP contribution >= 0.6 is 11.8 Å². The average Bonchev–Trinajstić information content (AvgIpc) is 2.66. The largest absolute Gasteiger partial charge is 0.480 e. The lowest BCUT2D eigenvalue weighted by Gasteiger charge is -2.25. The summed E-state index contributed by atoms with van der Waals surface area (Å²) in [4.78, 5) is 47.8. The van der Waals surface area contributed by atoms with Crippen LogP contribution < -0.4 is 21.7 Å². The highest BCUT2D eigenvalue weighted by Crippen LogP contribution is 2.07. The van der Waals surface area contributed by atoms with Crippen molar-refractivity contribution in [3.63, 3.8) is 0 Å². The Balaban J connectivity index is 5.09. The Hall–Kier alpha value is -1.85. The van der Waals surface area contributed by atoms with Gasteiger partial charge in [0.05, 0.1) is 12.6 Å². The predicted molar refractivity (Wildman–Crippen MR) is 107 cm³/mol. The smallest absolute Gasteiger partial charge is 0.325 e. The standard InChI is InChI=1S/C17H32N4O6S/c1-5-9(2)13(18)16(25)20-11(6-7-28-4)14(23)21-12(8-22)15(24)19-10(3)17(26)27/h9-13,22H,5-8,18H2,1-4H3,(H,19,24)(H,20,25)(H,21,23)(H,26,27). The molecule has 0 aliphatic rings. The number of aliphatic carboxylic acids is 1. The number of carbonyl (C=O) groups excluding carboxylic acids is 3. The normalized spacial score (nSPS) is 16.2. The van der Waals surface area contributed by atoms with E-state index in [1.54, 1.807) is 0 Å². The second-order valence-electron chi connectivity index (χ2n) is 6.57. The third kappa shape index (κ3) is 8.89. The number of hydrogen-bond donors (Lipinski definition) is 6. The SMILES string of the molecule is CCC(C)C(N)C(=O)NC(CCSC)C(=O)NC(CO)C(=O)NC(C)C(=O)O. The third-order valence-electron chi connectivity index (χ3n) is 4.35. The molecule has 3 amide bonds. The van der Waals surface area contributed by atoms with Gasteiger partial charge in [-0.1, -0.05) is 20.3 Å². The van der Waals surface area contributed by atoms with E-state index in [0.717, 1.165) is 0 Å². The molecule has 10 nitrogen and oxygen atoms in total. The van der Waals surface area contributed by atoms with E-state index < -0.39 is 54.5 Å². The molecule has 0 saturated heterocycles. The second-order valence-corrected chi connectivity index (χ2v) is 7.55. The fourth-order valence-corrected chi connectivity index (χ4v) is 2.60. The van der Waals surface area contributed by atoms with Crippen LogP contribution in [-0.4, -0.2) is 76.7 Å². The Morgan fingerprint density at radius 3 is 2.00 bits per heavy atom. The minimum absolute atomic E-state index is 0.0715. The number of nitrogens with one attached hydrogen (secondary N) is 3. The first-order valence-corrected chi connectivity index (χ1v) is 10.5. The third-order valence-corrected chi connectivity index (χ3v) is 4.99. The molecule has 5 atom stereocenters. The summed E-state index contributed by atoms with van der Waals surface area (Å²) in [7, 11) is 0. The molecule has 5 unspecified atom stereocenters. The van der Waals surface area contributed by atoms with Crippen molar-refractivity contribution in [2.24, 2.45) is 11.7 Å². The Morgan fingerprint density at radius 2 is 1.54 bits per heavy atom. The monoisotopic (exact) mass is 420 g/mol. The van der Waals surface area contributed by atoms with Crippen LogP contribution in [0.3, 0.4) is 0 Å². The first-order chi connectivity index (χ1) is 13.1. The van der Waals surface area contributed by atoms with E-state index in [9.17, 15) is 24.3 Å². The van der Waals surface area contributed by atoms with E-state index in [1.807, 2.05) is 20.1 Å². The van der Waals surface area contributed by atoms with Gasteiger partial charge in [-0.15, -0.1) is 0 Å². The van der Waals surface area contributed by atoms with Gasteiger partial charge in [0.25, 0.3) is 0 Å². The lowest BCUT2D eigenvalue weighted by atomic mass is 9.99. The van der Waals surface area contributed by atoms with Crippen molar-refractivity contribution in [2.75, 3.05) is 18.6 Å². The molecule has 0 aliphatic heterocycles. The minimum atomic E-state index is -1.34. The van der Waals surface area contributed by atoms with Gasteiger partial charge in [0.2, 0.25) is 17.7 Å². The highest BCUT2D eigenvalue weighted by Gasteiger charge is 2.29. The van der Waals surface area contributed by atoms with E-state index in [1.165, 1.54) is 18.7 Å². The number of nitrogens with two attached hydrogens (primary N) is 1. The van der Waals surface area contributed by atoms with Crippen molar-refractivity contribution in [3.05, 3.63) is 0 Å². The molecule has 0 aromatic carbocycles. The molecule has 0 fully saturated rings. The Morgan fingerprint density at radius 1 is 1.00 bits per heavy atom. The zero-order valence-corrected chi connectivity index (χ0v) is 17.5. The summed E-state index contributed by atoms with van der Waals surface area (Å²) in [6.07, 6.45) is 2.85. The van der Waals surface area contributed by atoms with Crippen molar-refractivity contribution in [1.82, 2.24) is 16.0 Å². The number of carboxylic acids is 1.